The van der Waals surface area contributed by atoms with E-state index >= 15 is 0 Å². The summed E-state index contributed by atoms with van der Waals surface area (Å²) < 4.78 is 0. The van der Waals surface area contributed by atoms with E-state index in [0.29, 0.717) is 6.04 Å². The average Bonchev–Trinajstić information content (AvgIpc) is 1.95. The molecule has 0 aromatic heterocycles. The third-order valence-corrected chi connectivity index (χ3v) is 3.25. The quantitative estimate of drug-likeness (QED) is 0.634. The number of rotatable bonds is 4. The lowest BCUT2D eigenvalue weighted by Gasteiger charge is -2.33. The van der Waals surface area contributed by atoms with Crippen LogP contribution in [0.5, 0.6) is 0 Å². The smallest absolute Gasteiger partial charge is 0.00675 e. The molecule has 0 heterocycles. The van der Waals surface area contributed by atoms with Crippen molar-refractivity contribution in [2.75, 3.05) is 11.5 Å². The van der Waals surface area contributed by atoms with Crippen LogP contribution in [0.25, 0.3) is 0 Å². The highest BCUT2D eigenvalue weighted by molar-refractivity contribution is 7.99. The van der Waals surface area contributed by atoms with Gasteiger partial charge in [0.15, 0.2) is 0 Å². The Labute approximate surface area is 67.8 Å². The van der Waals surface area contributed by atoms with E-state index in [-0.39, 0.29) is 0 Å². The molecule has 0 saturated heterocycles. The van der Waals surface area contributed by atoms with Gasteiger partial charge in [-0.3, -0.25) is 0 Å². The molecule has 1 saturated carbocycles. The van der Waals surface area contributed by atoms with E-state index in [1.165, 1.54) is 30.8 Å². The number of hydrogen-bond donors (Lipinski definition) is 1. The first-order chi connectivity index (χ1) is 4.84. The van der Waals surface area contributed by atoms with Crippen LogP contribution in [0, 0.1) is 5.92 Å². The molecule has 2 N–H and O–H groups in total. The second kappa shape index (κ2) is 4.24. The minimum absolute atomic E-state index is 0.539. The van der Waals surface area contributed by atoms with E-state index in [1.54, 1.807) is 0 Å². The number of nitrogens with two attached hydrogens (primary N) is 1. The molecule has 1 aliphatic carbocycles. The summed E-state index contributed by atoms with van der Waals surface area (Å²) in [6.45, 7) is 2.21. The zero-order valence-corrected chi connectivity index (χ0v) is 7.49. The molecule has 0 aromatic carbocycles. The topological polar surface area (TPSA) is 26.0 Å². The Bertz CT molecular complexity index is 95.3. The molecule has 0 spiro atoms. The zero-order valence-electron chi connectivity index (χ0n) is 6.68. The molecule has 2 heteroatoms. The van der Waals surface area contributed by atoms with E-state index in [9.17, 15) is 0 Å². The summed E-state index contributed by atoms with van der Waals surface area (Å²) in [7, 11) is 0. The lowest BCUT2D eigenvalue weighted by Crippen LogP contribution is -2.39. The van der Waals surface area contributed by atoms with Crippen LogP contribution in [0.15, 0.2) is 0 Å². The van der Waals surface area contributed by atoms with Crippen molar-refractivity contribution in [2.24, 2.45) is 11.7 Å². The minimum atomic E-state index is 0.539. The second-order valence-corrected chi connectivity index (χ2v) is 4.38. The molecule has 0 aliphatic heterocycles. The van der Waals surface area contributed by atoms with Crippen molar-refractivity contribution in [1.82, 2.24) is 0 Å². The van der Waals surface area contributed by atoms with Crippen LogP contribution < -0.4 is 5.73 Å². The summed E-state index contributed by atoms with van der Waals surface area (Å²) in [6.07, 6.45) is 3.99. The molecular formula is C8H17NS. The molecule has 10 heavy (non-hydrogen) atoms. The Morgan fingerprint density at radius 1 is 1.50 bits per heavy atom. The van der Waals surface area contributed by atoms with Gasteiger partial charge in [-0.1, -0.05) is 6.92 Å². The summed E-state index contributed by atoms with van der Waals surface area (Å²) in [5.74, 6) is 3.43. The van der Waals surface area contributed by atoms with E-state index in [1.807, 2.05) is 11.8 Å². The molecule has 0 aromatic rings. The monoisotopic (exact) mass is 159 g/mol. The van der Waals surface area contributed by atoms with Gasteiger partial charge in [-0.25, -0.2) is 0 Å². The van der Waals surface area contributed by atoms with Crippen LogP contribution in [-0.4, -0.2) is 17.5 Å². The van der Waals surface area contributed by atoms with E-state index < -0.39 is 0 Å². The fourth-order valence-electron chi connectivity index (χ4n) is 1.33. The molecule has 0 radical (unpaired) electrons. The van der Waals surface area contributed by atoms with Crippen molar-refractivity contribution < 1.29 is 0 Å². The van der Waals surface area contributed by atoms with Crippen molar-refractivity contribution in [3.63, 3.8) is 0 Å². The van der Waals surface area contributed by atoms with Gasteiger partial charge < -0.3 is 5.73 Å². The van der Waals surface area contributed by atoms with Crippen LogP contribution in [-0.2, 0) is 0 Å². The molecule has 1 aliphatic rings. The van der Waals surface area contributed by atoms with Gasteiger partial charge in [-0.05, 0) is 36.7 Å². The Kier molecular flexibility index (Phi) is 3.57. The Morgan fingerprint density at radius 3 is 2.70 bits per heavy atom. The predicted molar refractivity (Wildman–Crippen MR) is 48.3 cm³/mol. The van der Waals surface area contributed by atoms with Crippen molar-refractivity contribution in [3.05, 3.63) is 0 Å². The molecule has 1 fully saturated rings. The summed E-state index contributed by atoms with van der Waals surface area (Å²) in [4.78, 5) is 0. The summed E-state index contributed by atoms with van der Waals surface area (Å²) in [5.41, 5.74) is 5.80. The van der Waals surface area contributed by atoms with E-state index in [2.05, 4.69) is 6.92 Å². The van der Waals surface area contributed by atoms with Gasteiger partial charge >= 0.3 is 0 Å². The molecule has 2 atom stereocenters. The molecule has 0 amide bonds. The average molecular weight is 159 g/mol. The molecule has 2 unspecified atom stereocenters. The minimum Gasteiger partial charge on any atom is -0.327 e. The standard InChI is InChI=1S/C8H17NS/c1-2-10-6-5-7-3-4-8(7)9/h7-8H,2-6,9H2,1H3. The molecule has 1 rings (SSSR count). The second-order valence-electron chi connectivity index (χ2n) is 2.99. The van der Waals surface area contributed by atoms with Gasteiger partial charge in [0, 0.05) is 6.04 Å². The highest BCUT2D eigenvalue weighted by atomic mass is 32.2. The van der Waals surface area contributed by atoms with Crippen LogP contribution in [0.4, 0.5) is 0 Å². The fourth-order valence-corrected chi connectivity index (χ4v) is 2.09. The highest BCUT2D eigenvalue weighted by Crippen LogP contribution is 2.29. The van der Waals surface area contributed by atoms with Crippen molar-refractivity contribution >= 4 is 11.8 Å². The third-order valence-electron chi connectivity index (χ3n) is 2.31. The highest BCUT2D eigenvalue weighted by Gasteiger charge is 2.26. The third kappa shape index (κ3) is 2.17. The van der Waals surface area contributed by atoms with Crippen LogP contribution in [0.1, 0.15) is 26.2 Å². The Balaban J connectivity index is 1.92. The molecular weight excluding hydrogens is 142 g/mol. The van der Waals surface area contributed by atoms with Crippen molar-refractivity contribution in [2.45, 2.75) is 32.2 Å². The SMILES string of the molecule is CCSCCC1CCC1N. The maximum Gasteiger partial charge on any atom is 0.00675 e. The zero-order chi connectivity index (χ0) is 7.40. The number of thioether (sulfide) groups is 1. The first-order valence-electron chi connectivity index (χ1n) is 4.18. The Hall–Kier alpha value is 0.310. The van der Waals surface area contributed by atoms with Gasteiger partial charge in [0.1, 0.15) is 0 Å². The largest absolute Gasteiger partial charge is 0.327 e. The summed E-state index contributed by atoms with van der Waals surface area (Å²) >= 11 is 2.03. The van der Waals surface area contributed by atoms with Crippen LogP contribution >= 0.6 is 11.8 Å². The number of hydrogen-bond acceptors (Lipinski definition) is 2. The lowest BCUT2D eigenvalue weighted by atomic mass is 9.79. The lowest BCUT2D eigenvalue weighted by molar-refractivity contribution is 0.251. The van der Waals surface area contributed by atoms with Gasteiger partial charge in [0.25, 0.3) is 0 Å². The van der Waals surface area contributed by atoms with Crippen LogP contribution in [0.3, 0.4) is 0 Å². The van der Waals surface area contributed by atoms with Gasteiger partial charge in [-0.15, -0.1) is 0 Å². The maximum atomic E-state index is 5.80. The normalized spacial score (nSPS) is 31.8. The molecule has 60 valence electrons. The maximum absolute atomic E-state index is 5.80. The fraction of sp³-hybridized carbons (Fsp3) is 1.00. The summed E-state index contributed by atoms with van der Waals surface area (Å²) in [5, 5.41) is 0. The van der Waals surface area contributed by atoms with Gasteiger partial charge in [0.05, 0.1) is 0 Å². The molecule has 1 nitrogen and oxygen atoms in total. The molecule has 0 bridgehead atoms. The van der Waals surface area contributed by atoms with Crippen molar-refractivity contribution in [3.8, 4) is 0 Å². The first-order valence-corrected chi connectivity index (χ1v) is 5.33. The van der Waals surface area contributed by atoms with Gasteiger partial charge in [-0.2, -0.15) is 11.8 Å². The van der Waals surface area contributed by atoms with E-state index in [4.69, 9.17) is 5.73 Å². The summed E-state index contributed by atoms with van der Waals surface area (Å²) in [6, 6.07) is 0.539. The van der Waals surface area contributed by atoms with Crippen LogP contribution in [0.2, 0.25) is 0 Å². The predicted octanol–water partition coefficient (Wildman–Crippen LogP) is 1.87. The van der Waals surface area contributed by atoms with Crippen molar-refractivity contribution in [1.29, 1.82) is 0 Å². The first kappa shape index (κ1) is 8.41. The van der Waals surface area contributed by atoms with Gasteiger partial charge in [0.2, 0.25) is 0 Å². The Morgan fingerprint density at radius 2 is 2.30 bits per heavy atom. The van der Waals surface area contributed by atoms with E-state index in [0.717, 1.165) is 5.92 Å².